The van der Waals surface area contributed by atoms with Crippen molar-refractivity contribution in [2.75, 3.05) is 7.11 Å². The number of carbonyl (C=O) groups excluding carboxylic acids is 1. The SMILES string of the molecule is COC(=O)/C(=C/[O-])c1ccccc1.[Na+]. The van der Waals surface area contributed by atoms with E-state index in [-0.39, 0.29) is 35.1 Å². The van der Waals surface area contributed by atoms with Crippen LogP contribution in [0.15, 0.2) is 36.6 Å². The van der Waals surface area contributed by atoms with Crippen LogP contribution in [0.1, 0.15) is 5.56 Å². The summed E-state index contributed by atoms with van der Waals surface area (Å²) in [4.78, 5) is 11.1. The second-order valence-corrected chi connectivity index (χ2v) is 2.39. The Balaban J connectivity index is 0.00000169. The maximum Gasteiger partial charge on any atom is 1.00 e. The summed E-state index contributed by atoms with van der Waals surface area (Å²) in [5.41, 5.74) is 0.618. The van der Waals surface area contributed by atoms with Gasteiger partial charge in [0.2, 0.25) is 0 Å². The number of hydrogen-bond acceptors (Lipinski definition) is 3. The monoisotopic (exact) mass is 200 g/mol. The molecule has 1 aromatic carbocycles. The van der Waals surface area contributed by atoms with Gasteiger partial charge in [0.15, 0.2) is 0 Å². The van der Waals surface area contributed by atoms with Gasteiger partial charge in [0.1, 0.15) is 0 Å². The van der Waals surface area contributed by atoms with E-state index in [0.29, 0.717) is 11.8 Å². The molecule has 0 bridgehead atoms. The number of hydrogen-bond donors (Lipinski definition) is 0. The summed E-state index contributed by atoms with van der Waals surface area (Å²) in [5.74, 6) is -0.610. The largest absolute Gasteiger partial charge is 1.00 e. The van der Waals surface area contributed by atoms with Crippen LogP contribution in [0.25, 0.3) is 5.57 Å². The zero-order valence-electron chi connectivity index (χ0n) is 8.19. The van der Waals surface area contributed by atoms with E-state index in [0.717, 1.165) is 0 Å². The summed E-state index contributed by atoms with van der Waals surface area (Å²) in [6.45, 7) is 0. The van der Waals surface area contributed by atoms with Crippen molar-refractivity contribution in [3.8, 4) is 0 Å². The molecule has 0 aliphatic carbocycles. The van der Waals surface area contributed by atoms with Crippen LogP contribution in [0.4, 0.5) is 0 Å². The van der Waals surface area contributed by atoms with Crippen molar-refractivity contribution in [3.63, 3.8) is 0 Å². The molecule has 0 saturated heterocycles. The number of methoxy groups -OCH3 is 1. The van der Waals surface area contributed by atoms with Gasteiger partial charge in [-0.25, -0.2) is 4.79 Å². The van der Waals surface area contributed by atoms with Gasteiger partial charge in [-0.3, -0.25) is 0 Å². The third-order valence-corrected chi connectivity index (χ3v) is 1.61. The first-order valence-electron chi connectivity index (χ1n) is 3.75. The van der Waals surface area contributed by atoms with Gasteiger partial charge >= 0.3 is 35.5 Å². The van der Waals surface area contributed by atoms with Crippen LogP contribution in [0.3, 0.4) is 0 Å². The number of ether oxygens (including phenoxy) is 1. The Morgan fingerprint density at radius 1 is 1.36 bits per heavy atom. The zero-order valence-corrected chi connectivity index (χ0v) is 10.2. The molecule has 0 amide bonds. The smallest absolute Gasteiger partial charge is 0.877 e. The van der Waals surface area contributed by atoms with E-state index < -0.39 is 5.97 Å². The molecule has 14 heavy (non-hydrogen) atoms. The van der Waals surface area contributed by atoms with Crippen LogP contribution < -0.4 is 34.7 Å². The Bertz CT molecular complexity index is 319. The molecule has 0 atom stereocenters. The Morgan fingerprint density at radius 2 is 1.93 bits per heavy atom. The molecule has 68 valence electrons. The van der Waals surface area contributed by atoms with Crippen molar-refractivity contribution in [1.29, 1.82) is 0 Å². The van der Waals surface area contributed by atoms with Gasteiger partial charge in [-0.2, -0.15) is 0 Å². The number of carbonyl (C=O) groups is 1. The average molecular weight is 200 g/mol. The Labute approximate surface area is 105 Å². The topological polar surface area (TPSA) is 49.4 Å². The van der Waals surface area contributed by atoms with Crippen LogP contribution >= 0.6 is 0 Å². The summed E-state index contributed by atoms with van der Waals surface area (Å²) < 4.78 is 4.45. The molecule has 0 saturated carbocycles. The molecule has 0 spiro atoms. The minimum Gasteiger partial charge on any atom is -0.877 e. The maximum atomic E-state index is 11.1. The molecule has 0 aliphatic heterocycles. The van der Waals surface area contributed by atoms with E-state index in [1.165, 1.54) is 7.11 Å². The fourth-order valence-electron chi connectivity index (χ4n) is 0.962. The summed E-state index contributed by atoms with van der Waals surface area (Å²) in [6.07, 6.45) is 0.501. The molecule has 4 heteroatoms. The third-order valence-electron chi connectivity index (χ3n) is 1.61. The molecule has 3 nitrogen and oxygen atoms in total. The van der Waals surface area contributed by atoms with E-state index in [1.807, 2.05) is 6.07 Å². The Kier molecular flexibility index (Phi) is 6.28. The minimum absolute atomic E-state index is 0. The van der Waals surface area contributed by atoms with E-state index in [1.54, 1.807) is 24.3 Å². The first-order chi connectivity index (χ1) is 6.29. The molecule has 0 aliphatic rings. The van der Waals surface area contributed by atoms with Crippen molar-refractivity contribution in [3.05, 3.63) is 42.2 Å². The van der Waals surface area contributed by atoms with E-state index in [2.05, 4.69) is 4.74 Å². The fourth-order valence-corrected chi connectivity index (χ4v) is 0.962. The molecule has 0 heterocycles. The second kappa shape index (κ2) is 6.65. The van der Waals surface area contributed by atoms with E-state index >= 15 is 0 Å². The molecule has 0 radical (unpaired) electrons. The number of benzene rings is 1. The maximum absolute atomic E-state index is 11.1. The van der Waals surface area contributed by atoms with E-state index in [4.69, 9.17) is 0 Å². The normalized spacial score (nSPS) is 10.2. The molecular formula is C10H9NaO3. The van der Waals surface area contributed by atoms with Gasteiger partial charge in [0.25, 0.3) is 0 Å². The first kappa shape index (κ1) is 13.2. The van der Waals surface area contributed by atoms with Crippen LogP contribution in [0, 0.1) is 0 Å². The van der Waals surface area contributed by atoms with Crippen LogP contribution in [0.5, 0.6) is 0 Å². The van der Waals surface area contributed by atoms with E-state index in [9.17, 15) is 9.90 Å². The van der Waals surface area contributed by atoms with Crippen LogP contribution in [-0.2, 0) is 9.53 Å². The first-order valence-corrected chi connectivity index (χ1v) is 3.75. The molecule has 0 unspecified atom stereocenters. The third kappa shape index (κ3) is 3.18. The molecular weight excluding hydrogens is 191 g/mol. The molecule has 0 fully saturated rings. The summed E-state index contributed by atoms with van der Waals surface area (Å²) in [7, 11) is 1.24. The van der Waals surface area contributed by atoms with Gasteiger partial charge in [-0.05, 0) is 5.56 Å². The summed E-state index contributed by atoms with van der Waals surface area (Å²) >= 11 is 0. The van der Waals surface area contributed by atoms with Gasteiger partial charge in [0, 0.05) is 0 Å². The average Bonchev–Trinajstić information content (AvgIpc) is 2.20. The predicted molar refractivity (Wildman–Crippen MR) is 46.4 cm³/mol. The summed E-state index contributed by atoms with van der Waals surface area (Å²) in [5, 5.41) is 10.6. The molecule has 1 aromatic rings. The van der Waals surface area contributed by atoms with Crippen molar-refractivity contribution in [2.24, 2.45) is 0 Å². The molecule has 0 N–H and O–H groups in total. The van der Waals surface area contributed by atoms with Gasteiger partial charge in [-0.15, -0.1) is 6.26 Å². The number of rotatable bonds is 2. The van der Waals surface area contributed by atoms with Crippen LogP contribution in [0.2, 0.25) is 0 Å². The summed E-state index contributed by atoms with van der Waals surface area (Å²) in [6, 6.07) is 8.67. The van der Waals surface area contributed by atoms with Crippen molar-refractivity contribution in [1.82, 2.24) is 0 Å². The Hall–Kier alpha value is -0.770. The van der Waals surface area contributed by atoms with Gasteiger partial charge < -0.3 is 9.84 Å². The van der Waals surface area contributed by atoms with Gasteiger partial charge in [-0.1, -0.05) is 30.3 Å². The van der Waals surface area contributed by atoms with Crippen LogP contribution in [-0.4, -0.2) is 13.1 Å². The molecule has 1 rings (SSSR count). The van der Waals surface area contributed by atoms with Crippen molar-refractivity contribution >= 4 is 11.5 Å². The quantitative estimate of drug-likeness (QED) is 0.231. The predicted octanol–water partition coefficient (Wildman–Crippen LogP) is -2.44. The fraction of sp³-hybridized carbons (Fsp3) is 0.100. The standard InChI is InChI=1S/C10H10O3.Na/c1-13-10(12)9(7-11)8-5-3-2-4-6-8;/h2-7,11H,1H3;/q;+1/p-1/b9-7+;. The van der Waals surface area contributed by atoms with Gasteiger partial charge in [0.05, 0.1) is 12.7 Å². The zero-order chi connectivity index (χ0) is 9.68. The Morgan fingerprint density at radius 3 is 2.36 bits per heavy atom. The molecule has 0 aromatic heterocycles. The van der Waals surface area contributed by atoms with Crippen molar-refractivity contribution in [2.45, 2.75) is 0 Å². The second-order valence-electron chi connectivity index (χ2n) is 2.39. The van der Waals surface area contributed by atoms with Crippen molar-refractivity contribution < 1.29 is 44.2 Å². The number of esters is 1. The minimum atomic E-state index is -0.610.